The Hall–Kier alpha value is -2.55. The maximum Gasteiger partial charge on any atom is 0.261 e. The molecule has 0 fully saturated rings. The second-order valence-electron chi connectivity index (χ2n) is 6.79. The Morgan fingerprint density at radius 3 is 2.89 bits per heavy atom. The Kier molecular flexibility index (Phi) is 6.23. The molecule has 0 saturated heterocycles. The number of carbonyl (C=O) groups is 2. The summed E-state index contributed by atoms with van der Waals surface area (Å²) in [5.41, 5.74) is 2.09. The summed E-state index contributed by atoms with van der Waals surface area (Å²) in [6.07, 6.45) is 4.73. The number of amides is 2. The van der Waals surface area contributed by atoms with Crippen molar-refractivity contribution in [3.63, 3.8) is 0 Å². The highest BCUT2D eigenvalue weighted by molar-refractivity contribution is 7.99. The average molecular weight is 404 g/mol. The van der Waals surface area contributed by atoms with Crippen molar-refractivity contribution in [3.8, 4) is 0 Å². The average Bonchev–Trinajstić information content (AvgIpc) is 3.14. The molecule has 0 aromatic carbocycles. The first-order valence-corrected chi connectivity index (χ1v) is 10.5. The van der Waals surface area contributed by atoms with Gasteiger partial charge in [0, 0.05) is 32.4 Å². The van der Waals surface area contributed by atoms with Gasteiger partial charge in [-0.05, 0) is 30.2 Å². The van der Waals surface area contributed by atoms with Gasteiger partial charge in [0.25, 0.3) is 11.5 Å². The molecule has 2 aromatic rings. The second kappa shape index (κ2) is 8.64. The number of H-pyrrole nitrogens is 1. The van der Waals surface area contributed by atoms with Gasteiger partial charge in [-0.3, -0.25) is 14.4 Å². The number of carbonyl (C=O) groups excluding carboxylic acids is 2. The molecule has 0 spiro atoms. The number of hydrogen-bond acceptors (Lipinski definition) is 6. The molecule has 2 amide bonds. The molecular formula is C19H24N4O4S. The van der Waals surface area contributed by atoms with Crippen LogP contribution in [0.1, 0.15) is 39.9 Å². The van der Waals surface area contributed by atoms with Crippen LogP contribution in [0.3, 0.4) is 0 Å². The number of nitrogens with zero attached hydrogens (tertiary/aromatic N) is 3. The molecule has 8 nitrogen and oxygen atoms in total. The third kappa shape index (κ3) is 4.14. The van der Waals surface area contributed by atoms with Gasteiger partial charge >= 0.3 is 0 Å². The van der Waals surface area contributed by atoms with Gasteiger partial charge in [0.1, 0.15) is 5.56 Å². The SMILES string of the molecule is CCc1cc(CN(C)C(=O)c2c3c(c[nH]c2=O)CN(C(=O)CSC)CC3)on1. The smallest absolute Gasteiger partial charge is 0.261 e. The van der Waals surface area contributed by atoms with E-state index < -0.39 is 5.56 Å². The summed E-state index contributed by atoms with van der Waals surface area (Å²) in [5.74, 6) is 0.690. The van der Waals surface area contributed by atoms with Gasteiger partial charge in [0.05, 0.1) is 18.0 Å². The third-order valence-electron chi connectivity index (χ3n) is 4.83. The van der Waals surface area contributed by atoms with Crippen LogP contribution in [0, 0.1) is 0 Å². The highest BCUT2D eigenvalue weighted by atomic mass is 32.2. The number of nitrogens with one attached hydrogen (secondary N) is 1. The molecule has 0 atom stereocenters. The van der Waals surface area contributed by atoms with Gasteiger partial charge in [0.15, 0.2) is 5.76 Å². The summed E-state index contributed by atoms with van der Waals surface area (Å²) in [4.78, 5) is 43.5. The molecule has 0 bridgehead atoms. The van der Waals surface area contributed by atoms with E-state index in [0.717, 1.165) is 23.2 Å². The van der Waals surface area contributed by atoms with Crippen molar-refractivity contribution in [1.29, 1.82) is 0 Å². The van der Waals surface area contributed by atoms with Crippen LogP contribution in [0.5, 0.6) is 0 Å². The number of thioether (sulfide) groups is 1. The van der Waals surface area contributed by atoms with E-state index in [2.05, 4.69) is 10.1 Å². The van der Waals surface area contributed by atoms with Crippen LogP contribution in [0.15, 0.2) is 21.6 Å². The van der Waals surface area contributed by atoms with Gasteiger partial charge in [-0.15, -0.1) is 0 Å². The molecular weight excluding hydrogens is 380 g/mol. The monoisotopic (exact) mass is 404 g/mol. The van der Waals surface area contributed by atoms with E-state index in [4.69, 9.17) is 4.52 Å². The lowest BCUT2D eigenvalue weighted by atomic mass is 9.96. The van der Waals surface area contributed by atoms with E-state index in [1.807, 2.05) is 19.2 Å². The van der Waals surface area contributed by atoms with E-state index in [1.165, 1.54) is 16.7 Å². The molecule has 1 N–H and O–H groups in total. The zero-order chi connectivity index (χ0) is 20.3. The lowest BCUT2D eigenvalue weighted by Crippen LogP contribution is -2.40. The molecule has 28 heavy (non-hydrogen) atoms. The van der Waals surface area contributed by atoms with E-state index in [1.54, 1.807) is 18.1 Å². The van der Waals surface area contributed by atoms with Crippen LogP contribution in [-0.4, -0.2) is 57.4 Å². The van der Waals surface area contributed by atoms with Crippen molar-refractivity contribution < 1.29 is 14.1 Å². The lowest BCUT2D eigenvalue weighted by molar-refractivity contribution is -0.129. The van der Waals surface area contributed by atoms with E-state index in [-0.39, 0.29) is 23.9 Å². The van der Waals surface area contributed by atoms with Crippen molar-refractivity contribution in [2.24, 2.45) is 0 Å². The molecule has 0 aliphatic carbocycles. The van der Waals surface area contributed by atoms with Crippen LogP contribution in [0.25, 0.3) is 0 Å². The van der Waals surface area contributed by atoms with Crippen molar-refractivity contribution in [3.05, 3.63) is 50.8 Å². The number of hydrogen-bond donors (Lipinski definition) is 1. The van der Waals surface area contributed by atoms with Crippen LogP contribution in [0.4, 0.5) is 0 Å². The fourth-order valence-corrected chi connectivity index (χ4v) is 3.74. The predicted molar refractivity (Wildman–Crippen MR) is 106 cm³/mol. The third-order valence-corrected chi connectivity index (χ3v) is 5.37. The first kappa shape index (κ1) is 20.2. The van der Waals surface area contributed by atoms with Gasteiger partial charge in [-0.1, -0.05) is 12.1 Å². The zero-order valence-electron chi connectivity index (χ0n) is 16.3. The van der Waals surface area contributed by atoms with Crippen molar-refractivity contribution in [2.75, 3.05) is 25.6 Å². The quantitative estimate of drug-likeness (QED) is 0.782. The van der Waals surface area contributed by atoms with Gasteiger partial charge in [-0.25, -0.2) is 0 Å². The molecule has 3 heterocycles. The van der Waals surface area contributed by atoms with Crippen LogP contribution < -0.4 is 5.56 Å². The normalized spacial score (nSPS) is 13.3. The highest BCUT2D eigenvalue weighted by Gasteiger charge is 2.28. The number of pyridine rings is 1. The fraction of sp³-hybridized carbons (Fsp3) is 0.474. The Labute approximate surface area is 167 Å². The Balaban J connectivity index is 1.82. The van der Waals surface area contributed by atoms with Crippen LogP contribution in [0.2, 0.25) is 0 Å². The number of fused-ring (bicyclic) bond motifs is 1. The standard InChI is InChI=1S/C19H24N4O4S/c1-4-13-7-14(27-21-13)10-22(2)19(26)17-15-5-6-23(16(24)11-28-3)9-12(15)8-20-18(17)25/h7-8H,4-6,9-11H2,1-3H3,(H,20,25). The molecule has 0 unspecified atom stereocenters. The Morgan fingerprint density at radius 1 is 1.43 bits per heavy atom. The first-order valence-electron chi connectivity index (χ1n) is 9.14. The summed E-state index contributed by atoms with van der Waals surface area (Å²) in [6.45, 7) is 3.10. The first-order chi connectivity index (χ1) is 13.4. The van der Waals surface area contributed by atoms with Gasteiger partial charge in [0.2, 0.25) is 5.91 Å². The lowest BCUT2D eigenvalue weighted by Gasteiger charge is -2.30. The van der Waals surface area contributed by atoms with Crippen molar-refractivity contribution in [2.45, 2.75) is 32.9 Å². The van der Waals surface area contributed by atoms with E-state index in [9.17, 15) is 14.4 Å². The zero-order valence-corrected chi connectivity index (χ0v) is 17.1. The molecule has 1 aliphatic rings. The minimum Gasteiger partial charge on any atom is -0.359 e. The summed E-state index contributed by atoms with van der Waals surface area (Å²) in [7, 11) is 1.63. The fourth-order valence-electron chi connectivity index (χ4n) is 3.31. The largest absolute Gasteiger partial charge is 0.359 e. The summed E-state index contributed by atoms with van der Waals surface area (Å²) in [5, 5.41) is 3.93. The number of aryl methyl sites for hydroxylation is 1. The summed E-state index contributed by atoms with van der Waals surface area (Å²) >= 11 is 1.48. The summed E-state index contributed by atoms with van der Waals surface area (Å²) in [6, 6.07) is 1.81. The van der Waals surface area contributed by atoms with E-state index >= 15 is 0 Å². The Bertz CT molecular complexity index is 936. The number of aromatic amines is 1. The molecule has 3 rings (SSSR count). The second-order valence-corrected chi connectivity index (χ2v) is 7.66. The number of aromatic nitrogens is 2. The molecule has 1 aliphatic heterocycles. The molecule has 2 aromatic heterocycles. The highest BCUT2D eigenvalue weighted by Crippen LogP contribution is 2.22. The van der Waals surface area contributed by atoms with Crippen molar-refractivity contribution >= 4 is 23.6 Å². The minimum atomic E-state index is -0.411. The van der Waals surface area contributed by atoms with Gasteiger partial charge < -0.3 is 19.3 Å². The molecule has 0 saturated carbocycles. The van der Waals surface area contributed by atoms with Crippen LogP contribution >= 0.6 is 11.8 Å². The Morgan fingerprint density at radius 2 is 2.21 bits per heavy atom. The summed E-state index contributed by atoms with van der Waals surface area (Å²) < 4.78 is 5.24. The topological polar surface area (TPSA) is 99.5 Å². The maximum atomic E-state index is 13.0. The molecule has 0 radical (unpaired) electrons. The van der Waals surface area contributed by atoms with Gasteiger partial charge in [-0.2, -0.15) is 11.8 Å². The maximum absolute atomic E-state index is 13.0. The molecule has 9 heteroatoms. The van der Waals surface area contributed by atoms with Crippen LogP contribution in [-0.2, 0) is 30.7 Å². The predicted octanol–water partition coefficient (Wildman–Crippen LogP) is 1.45. The van der Waals surface area contributed by atoms with E-state index in [0.29, 0.717) is 31.0 Å². The van der Waals surface area contributed by atoms with Crippen molar-refractivity contribution in [1.82, 2.24) is 19.9 Å². The molecule has 150 valence electrons. The number of rotatable bonds is 6. The minimum absolute atomic E-state index is 0.0615.